The smallest absolute Gasteiger partial charge is 0.251 e. The first kappa shape index (κ1) is 39.9. The summed E-state index contributed by atoms with van der Waals surface area (Å²) in [6, 6.07) is 52.8. The van der Waals surface area contributed by atoms with Gasteiger partial charge in [0.25, 0.3) is 6.71 Å². The number of nitrogens with zero attached hydrogens (tertiary/aromatic N) is 3. The lowest BCUT2D eigenvalue weighted by Crippen LogP contribution is -2.56. The minimum absolute atomic E-state index is 0.0384. The largest absolute Gasteiger partial charge is 0.456 e. The van der Waals surface area contributed by atoms with Crippen LogP contribution in [0.15, 0.2) is 227 Å². The first-order valence-corrected chi connectivity index (χ1v) is 22.6. The zero-order valence-electron chi connectivity index (χ0n) is 36.6. The van der Waals surface area contributed by atoms with Crippen molar-refractivity contribution in [2.75, 3.05) is 14.7 Å². The lowest BCUT2D eigenvalue weighted by Gasteiger charge is -2.46. The van der Waals surface area contributed by atoms with Crippen LogP contribution in [-0.4, -0.2) is 6.71 Å². The third-order valence-electron chi connectivity index (χ3n) is 12.6. The Kier molecular flexibility index (Phi) is 10.9. The van der Waals surface area contributed by atoms with Gasteiger partial charge in [-0.05, 0) is 133 Å². The fourth-order valence-corrected chi connectivity index (χ4v) is 9.83. The fraction of sp³-hybridized carbons (Fsp3) is 0.138. The van der Waals surface area contributed by atoms with Gasteiger partial charge in [-0.25, -0.2) is 0 Å². The van der Waals surface area contributed by atoms with Crippen molar-refractivity contribution in [3.8, 4) is 0 Å². The highest BCUT2D eigenvalue weighted by Crippen LogP contribution is 2.45. The summed E-state index contributed by atoms with van der Waals surface area (Å²) in [4.78, 5) is 7.44. The third kappa shape index (κ3) is 7.18. The van der Waals surface area contributed by atoms with Gasteiger partial charge in [-0.3, -0.25) is 0 Å². The topological polar surface area (TPSA) is 22.9 Å². The van der Waals surface area contributed by atoms with E-state index in [0.717, 1.165) is 70.4 Å². The number of benzene rings is 6. The minimum Gasteiger partial charge on any atom is -0.456 e. The van der Waals surface area contributed by atoms with E-state index in [2.05, 4.69) is 224 Å². The Balaban J connectivity index is 1.13. The Morgan fingerprint density at radius 1 is 0.698 bits per heavy atom. The highest BCUT2D eigenvalue weighted by molar-refractivity contribution is 6.94. The summed E-state index contributed by atoms with van der Waals surface area (Å²) in [5, 5.41) is 2.30. The minimum atomic E-state index is 0.0384. The van der Waals surface area contributed by atoms with Gasteiger partial charge >= 0.3 is 0 Å². The molecule has 0 radical (unpaired) electrons. The van der Waals surface area contributed by atoms with Crippen LogP contribution < -0.4 is 25.6 Å². The van der Waals surface area contributed by atoms with E-state index in [4.69, 9.17) is 4.42 Å². The molecule has 63 heavy (non-hydrogen) atoms. The molecule has 4 nitrogen and oxygen atoms in total. The molecule has 0 amide bonds. The van der Waals surface area contributed by atoms with Gasteiger partial charge < -0.3 is 19.1 Å². The number of furan rings is 1. The number of allylic oxidation sites excluding steroid dienone is 11. The molecule has 0 spiro atoms. The fourth-order valence-electron chi connectivity index (χ4n) is 9.83. The van der Waals surface area contributed by atoms with Crippen LogP contribution in [0, 0.1) is 0 Å². The second-order valence-corrected chi connectivity index (χ2v) is 16.5. The SMILES string of the molecule is C/C=C\C(=C/CC)N(c1ccccc1)c1ccc2c(c1)N(c1ccccc1)C(C)=C1B2c2ccccc2N(C2=CCC=C(c3ccc4oc5ccccc5c4c3)C=C2)/C1=C/CCC. The van der Waals surface area contributed by atoms with Crippen molar-refractivity contribution in [2.24, 2.45) is 0 Å². The molecule has 6 aromatic carbocycles. The van der Waals surface area contributed by atoms with Gasteiger partial charge in [0, 0.05) is 62.0 Å². The van der Waals surface area contributed by atoms with Crippen LogP contribution in [0.2, 0.25) is 0 Å². The lowest BCUT2D eigenvalue weighted by atomic mass is 9.32. The van der Waals surface area contributed by atoms with Gasteiger partial charge in [0.15, 0.2) is 0 Å². The number of fused-ring (bicyclic) bond motifs is 8. The van der Waals surface area contributed by atoms with E-state index in [1.54, 1.807) is 0 Å². The molecule has 0 atom stereocenters. The Bertz CT molecular complexity index is 3070. The van der Waals surface area contributed by atoms with Gasteiger partial charge in [-0.1, -0.05) is 142 Å². The maximum Gasteiger partial charge on any atom is 0.251 e. The second kappa shape index (κ2) is 17.3. The summed E-state index contributed by atoms with van der Waals surface area (Å²) in [6.45, 7) is 8.95. The van der Waals surface area contributed by atoms with Crippen molar-refractivity contribution in [3.05, 3.63) is 228 Å². The zero-order valence-corrected chi connectivity index (χ0v) is 36.6. The van der Waals surface area contributed by atoms with E-state index < -0.39 is 0 Å². The quantitative estimate of drug-likeness (QED) is 0.101. The molecule has 1 aromatic heterocycles. The molecular formula is C58H52BN3O. The predicted molar refractivity (Wildman–Crippen MR) is 270 cm³/mol. The van der Waals surface area contributed by atoms with Crippen LogP contribution in [0.25, 0.3) is 27.5 Å². The molecule has 0 bridgehead atoms. The van der Waals surface area contributed by atoms with Crippen LogP contribution in [0.4, 0.5) is 28.4 Å². The Morgan fingerprint density at radius 3 is 2.25 bits per heavy atom. The van der Waals surface area contributed by atoms with Gasteiger partial charge in [-0.15, -0.1) is 0 Å². The van der Waals surface area contributed by atoms with Crippen LogP contribution in [-0.2, 0) is 0 Å². The van der Waals surface area contributed by atoms with E-state index in [9.17, 15) is 0 Å². The molecule has 0 unspecified atom stereocenters. The molecule has 3 heterocycles. The molecule has 1 aliphatic carbocycles. The van der Waals surface area contributed by atoms with Gasteiger partial charge in [0.2, 0.25) is 0 Å². The number of anilines is 5. The average Bonchev–Trinajstić information content (AvgIpc) is 3.52. The molecule has 308 valence electrons. The number of rotatable bonds is 10. The number of para-hydroxylation sites is 4. The standard InChI is InChI=1S/C58H52BN3O/c1-5-8-30-54-58-41(4)60(45-23-11-9-12-24-45)55-40-48(61(44(20-6-2)21-7-3)46-25-13-10-14-26-46)36-37-52(55)59(58)51-29-16-17-31-53(51)62(54)47-27-19-22-42(33-35-47)43-34-38-57-50(39-43)49-28-15-18-32-56(49)63-57/h6,9-18,20-40H,5,7-8,19H2,1-4H3/b20-6-,44-21+,54-30+. The monoisotopic (exact) mass is 817 g/mol. The van der Waals surface area contributed by atoms with Crippen LogP contribution in [0.1, 0.15) is 58.9 Å². The number of hydrogen-bond donors (Lipinski definition) is 0. The van der Waals surface area contributed by atoms with Crippen molar-refractivity contribution in [1.29, 1.82) is 0 Å². The first-order chi connectivity index (χ1) is 31.1. The summed E-state index contributed by atoms with van der Waals surface area (Å²) < 4.78 is 6.19. The van der Waals surface area contributed by atoms with Crippen LogP contribution in [0.5, 0.6) is 0 Å². The van der Waals surface area contributed by atoms with Crippen molar-refractivity contribution < 1.29 is 4.42 Å². The number of hydrogen-bond acceptors (Lipinski definition) is 4. The van der Waals surface area contributed by atoms with E-state index in [1.165, 1.54) is 56.0 Å². The van der Waals surface area contributed by atoms with E-state index in [0.29, 0.717) is 0 Å². The van der Waals surface area contributed by atoms with Crippen molar-refractivity contribution >= 4 is 73.6 Å². The summed E-state index contributed by atoms with van der Waals surface area (Å²) in [6.07, 6.45) is 22.3. The van der Waals surface area contributed by atoms with Gasteiger partial charge in [0.1, 0.15) is 11.2 Å². The molecule has 10 rings (SSSR count). The summed E-state index contributed by atoms with van der Waals surface area (Å²) in [7, 11) is 0. The Morgan fingerprint density at radius 2 is 1.44 bits per heavy atom. The molecule has 0 saturated heterocycles. The highest BCUT2D eigenvalue weighted by Gasteiger charge is 2.44. The molecular weight excluding hydrogens is 765 g/mol. The maximum absolute atomic E-state index is 6.19. The van der Waals surface area contributed by atoms with E-state index in [1.807, 2.05) is 12.1 Å². The first-order valence-electron chi connectivity index (χ1n) is 22.6. The van der Waals surface area contributed by atoms with E-state index >= 15 is 0 Å². The average molecular weight is 818 g/mol. The number of unbranched alkanes of at least 4 members (excludes halogenated alkanes) is 1. The lowest BCUT2D eigenvalue weighted by molar-refractivity contribution is 0.669. The van der Waals surface area contributed by atoms with Crippen molar-refractivity contribution in [2.45, 2.75) is 53.4 Å². The molecule has 0 N–H and O–H groups in total. The van der Waals surface area contributed by atoms with Gasteiger partial charge in [0.05, 0.1) is 0 Å². The molecule has 3 aliphatic rings. The molecule has 7 aromatic rings. The molecule has 2 aliphatic heterocycles. The third-order valence-corrected chi connectivity index (χ3v) is 12.6. The van der Waals surface area contributed by atoms with Crippen molar-refractivity contribution in [1.82, 2.24) is 0 Å². The Labute approximate surface area is 372 Å². The second-order valence-electron chi connectivity index (χ2n) is 16.5. The summed E-state index contributed by atoms with van der Waals surface area (Å²) in [5.74, 6) is 0. The van der Waals surface area contributed by atoms with Gasteiger partial charge in [-0.2, -0.15) is 0 Å². The molecule has 0 fully saturated rings. The van der Waals surface area contributed by atoms with Crippen LogP contribution >= 0.6 is 0 Å². The molecule has 5 heteroatoms. The highest BCUT2D eigenvalue weighted by atomic mass is 16.3. The normalized spacial score (nSPS) is 15.8. The maximum atomic E-state index is 6.19. The summed E-state index contributed by atoms with van der Waals surface area (Å²) in [5.41, 5.74) is 18.8. The summed E-state index contributed by atoms with van der Waals surface area (Å²) >= 11 is 0. The van der Waals surface area contributed by atoms with E-state index in [-0.39, 0.29) is 6.71 Å². The predicted octanol–water partition coefficient (Wildman–Crippen LogP) is 14.6. The Hall–Kier alpha value is -7.24. The van der Waals surface area contributed by atoms with Crippen LogP contribution in [0.3, 0.4) is 0 Å². The zero-order chi connectivity index (χ0) is 42.9. The van der Waals surface area contributed by atoms with Crippen molar-refractivity contribution in [3.63, 3.8) is 0 Å². The molecule has 0 saturated carbocycles.